The Bertz CT molecular complexity index is 192. The van der Waals surface area contributed by atoms with Crippen molar-refractivity contribution in [3.63, 3.8) is 0 Å². The third-order valence-electron chi connectivity index (χ3n) is 3.88. The van der Waals surface area contributed by atoms with Crippen LogP contribution in [0, 0.1) is 0 Å². The van der Waals surface area contributed by atoms with Gasteiger partial charge in [0.05, 0.1) is 0 Å². The van der Waals surface area contributed by atoms with Gasteiger partial charge >= 0.3 is 92.0 Å². The number of hydrogen-bond acceptors (Lipinski definition) is 1. The summed E-state index contributed by atoms with van der Waals surface area (Å²) in [6, 6.07) is 0. The van der Waals surface area contributed by atoms with Gasteiger partial charge in [0.15, 0.2) is 0 Å². The summed E-state index contributed by atoms with van der Waals surface area (Å²) >= 11 is 6.76. The molecule has 0 saturated carbocycles. The Morgan fingerprint density at radius 1 is 0.550 bits per heavy atom. The molecule has 0 aliphatic carbocycles. The normalized spacial score (nSPS) is 11.5. The molecule has 0 amide bonds. The summed E-state index contributed by atoms with van der Waals surface area (Å²) < 4.78 is 0. The van der Waals surface area contributed by atoms with Crippen molar-refractivity contribution in [3.8, 4) is 0 Å². The quantitative estimate of drug-likeness (QED) is 0.178. The molecule has 0 rings (SSSR count). The van der Waals surface area contributed by atoms with Gasteiger partial charge in [-0.1, -0.05) is 18.9 Å². The van der Waals surface area contributed by atoms with Crippen molar-refractivity contribution >= 4 is 28.6 Å². The topological polar surface area (TPSA) is 0 Å². The average Bonchev–Trinajstić information content (AvgIpc) is 2.47. The number of thiol groups is 1. The van der Waals surface area contributed by atoms with Crippen molar-refractivity contribution in [2.24, 2.45) is 0 Å². The summed E-state index contributed by atoms with van der Waals surface area (Å²) in [5, 5.41) is 3.17. The Kier molecular flexibility index (Phi) is 20.2. The van der Waals surface area contributed by atoms with Crippen LogP contribution < -0.4 is 0 Å². The average molecular weight is 364 g/mol. The van der Waals surface area contributed by atoms with Crippen LogP contribution >= 0.6 is 12.6 Å². The number of rotatable bonds is 16. The van der Waals surface area contributed by atoms with Crippen molar-refractivity contribution < 1.29 is 0 Å². The predicted molar refractivity (Wildman–Crippen MR) is 99.3 cm³/mol. The molecule has 2 heteroatoms. The molecule has 0 aromatic rings. The van der Waals surface area contributed by atoms with Crippen LogP contribution in [0.25, 0.3) is 0 Å². The monoisotopic (exact) mass is 364 g/mol. The van der Waals surface area contributed by atoms with Crippen molar-refractivity contribution in [1.82, 2.24) is 0 Å². The second-order valence-corrected chi connectivity index (χ2v) is 7.08. The van der Waals surface area contributed by atoms with E-state index < -0.39 is 0 Å². The van der Waals surface area contributed by atoms with E-state index in [9.17, 15) is 0 Å². The van der Waals surface area contributed by atoms with Gasteiger partial charge < -0.3 is 0 Å². The first-order valence-electron chi connectivity index (χ1n) is 8.82. The molecule has 0 aliphatic heterocycles. The molecule has 0 N–H and O–H groups in total. The molecule has 0 radical (unpaired) electrons. The van der Waals surface area contributed by atoms with Gasteiger partial charge in [-0.25, -0.2) is 0 Å². The summed E-state index contributed by atoms with van der Waals surface area (Å²) in [5.74, 6) is 0. The summed E-state index contributed by atoms with van der Waals surface area (Å²) in [4.78, 5) is 0. The van der Waals surface area contributed by atoms with E-state index in [1.165, 1.54) is 102 Å². The predicted octanol–water partition coefficient (Wildman–Crippen LogP) is 6.60. The Morgan fingerprint density at radius 3 is 1.25 bits per heavy atom. The van der Waals surface area contributed by atoms with E-state index in [0.29, 0.717) is 0 Å². The van der Waals surface area contributed by atoms with Gasteiger partial charge in [0, 0.05) is 0 Å². The summed E-state index contributed by atoms with van der Waals surface area (Å²) in [6.07, 6.45) is 23.5. The van der Waals surface area contributed by atoms with Crippen LogP contribution in [0.1, 0.15) is 96.3 Å². The maximum atomic E-state index is 4.07. The minimum atomic E-state index is 1.21. The van der Waals surface area contributed by atoms with Gasteiger partial charge in [-0.05, 0) is 18.2 Å². The van der Waals surface area contributed by atoms with Crippen molar-refractivity contribution in [3.05, 3.63) is 11.5 Å². The third kappa shape index (κ3) is 18.6. The second-order valence-electron chi connectivity index (χ2n) is 5.85. The van der Waals surface area contributed by atoms with Gasteiger partial charge in [-0.15, -0.1) is 0 Å². The van der Waals surface area contributed by atoms with Crippen molar-refractivity contribution in [1.29, 1.82) is 0 Å². The van der Waals surface area contributed by atoms with E-state index in [1.54, 1.807) is 0 Å². The molecule has 0 nitrogen and oxygen atoms in total. The molecule has 120 valence electrons. The molecule has 0 atom stereocenters. The molecule has 0 bridgehead atoms. The zero-order valence-electron chi connectivity index (χ0n) is 13.4. The molecule has 0 spiro atoms. The van der Waals surface area contributed by atoms with Gasteiger partial charge in [-0.3, -0.25) is 0 Å². The molecule has 0 aliphatic rings. The van der Waals surface area contributed by atoms with E-state index >= 15 is 0 Å². The number of unbranched alkanes of at least 4 members (excludes halogenated alkanes) is 14. The third-order valence-corrected chi connectivity index (χ3v) is 4.76. The molecule has 0 saturated heterocycles. The first kappa shape index (κ1) is 20.6. The van der Waals surface area contributed by atoms with E-state index in [-0.39, 0.29) is 0 Å². The summed E-state index contributed by atoms with van der Waals surface area (Å²) in [5.41, 5.74) is 0. The van der Waals surface area contributed by atoms with Crippen LogP contribution in [0.4, 0.5) is 0 Å². The number of allylic oxidation sites excluding steroid dienone is 1. The van der Waals surface area contributed by atoms with E-state index in [4.69, 9.17) is 0 Å². The van der Waals surface area contributed by atoms with E-state index in [2.05, 4.69) is 34.7 Å². The van der Waals surface area contributed by atoms with Crippen LogP contribution in [-0.2, 0) is 0 Å². The molecule has 0 heterocycles. The summed E-state index contributed by atoms with van der Waals surface area (Å²) in [6.45, 7) is 0. The molecule has 20 heavy (non-hydrogen) atoms. The van der Waals surface area contributed by atoms with Gasteiger partial charge in [0.2, 0.25) is 0 Å². The van der Waals surface area contributed by atoms with Crippen molar-refractivity contribution in [2.45, 2.75) is 102 Å². The first-order valence-corrected chi connectivity index (χ1v) is 10.7. The zero-order valence-corrected chi connectivity index (χ0v) is 16.1. The molecule has 0 aromatic heterocycles. The fourth-order valence-corrected chi connectivity index (χ4v) is 3.19. The molecular weight excluding hydrogens is 327 g/mol. The fourth-order valence-electron chi connectivity index (χ4n) is 2.57. The Labute approximate surface area is 141 Å². The Hall–Kier alpha value is 0.609. The maximum absolute atomic E-state index is 4.07. The van der Waals surface area contributed by atoms with Gasteiger partial charge in [0.25, 0.3) is 0 Å². The standard InChI is InChI=1S/C18H36SSe/c19-17-15-13-11-9-7-5-3-1-2-4-6-8-10-12-14-16-18-20/h15,17,19-20H,1-14,16,18H2. The number of hydrogen-bond donors (Lipinski definition) is 1. The fraction of sp³-hybridized carbons (Fsp3) is 0.889. The minimum absolute atomic E-state index is 1.21. The van der Waals surface area contributed by atoms with E-state index in [0.717, 1.165) is 0 Å². The molecular formula is C18H36SSe. The molecule has 0 unspecified atom stereocenters. The van der Waals surface area contributed by atoms with Gasteiger partial charge in [0.1, 0.15) is 0 Å². The summed E-state index contributed by atoms with van der Waals surface area (Å²) in [7, 11) is 0. The Morgan fingerprint density at radius 2 is 0.900 bits per heavy atom. The first-order chi connectivity index (χ1) is 9.91. The van der Waals surface area contributed by atoms with Crippen LogP contribution in [0.5, 0.6) is 0 Å². The SMILES string of the molecule is SC=CCCCCCCCCCCCCCCCC[SeH]. The van der Waals surface area contributed by atoms with E-state index in [1.807, 2.05) is 5.41 Å². The van der Waals surface area contributed by atoms with Crippen LogP contribution in [0.3, 0.4) is 0 Å². The Balaban J connectivity index is 2.92. The van der Waals surface area contributed by atoms with Crippen molar-refractivity contribution in [2.75, 3.05) is 0 Å². The van der Waals surface area contributed by atoms with Crippen LogP contribution in [0.15, 0.2) is 11.5 Å². The molecule has 0 aromatic carbocycles. The van der Waals surface area contributed by atoms with Crippen LogP contribution in [0.2, 0.25) is 5.32 Å². The zero-order chi connectivity index (χ0) is 14.7. The molecule has 0 fully saturated rings. The van der Waals surface area contributed by atoms with Crippen LogP contribution in [-0.4, -0.2) is 16.0 Å². The van der Waals surface area contributed by atoms with Gasteiger partial charge in [-0.2, -0.15) is 12.6 Å². The second kappa shape index (κ2) is 19.6.